The number of carbonyl (C=O) groups is 3. The number of rotatable bonds is 7. The lowest BCUT2D eigenvalue weighted by Gasteiger charge is -2.03. The van der Waals surface area contributed by atoms with E-state index in [9.17, 15) is 14.4 Å². The van der Waals surface area contributed by atoms with Gasteiger partial charge in [-0.25, -0.2) is 14.6 Å². The van der Waals surface area contributed by atoms with E-state index in [2.05, 4.69) is 25.0 Å². The van der Waals surface area contributed by atoms with E-state index in [-0.39, 0.29) is 23.1 Å². The molecule has 0 aliphatic heterocycles. The number of hydrogen-bond donors (Lipinski definition) is 1. The van der Waals surface area contributed by atoms with Gasteiger partial charge in [0.15, 0.2) is 5.13 Å². The predicted molar refractivity (Wildman–Crippen MR) is 82.2 cm³/mol. The molecule has 1 aromatic heterocycles. The molecule has 0 aliphatic carbocycles. The lowest BCUT2D eigenvalue weighted by molar-refractivity contribution is -0.152. The molecule has 0 spiro atoms. The number of amides is 1. The minimum atomic E-state index is -0.992. The lowest BCUT2D eigenvalue weighted by Crippen LogP contribution is -2.25. The highest BCUT2D eigenvalue weighted by molar-refractivity contribution is 7.14. The molecule has 0 saturated heterocycles. The number of esters is 2. The van der Waals surface area contributed by atoms with Gasteiger partial charge in [0.25, 0.3) is 0 Å². The molecule has 10 heteroatoms. The molecule has 0 saturated carbocycles. The number of nitrogens with zero attached hydrogens (tertiary/aromatic N) is 2. The van der Waals surface area contributed by atoms with E-state index in [0.29, 0.717) is 6.42 Å². The number of methoxy groups -OCH3 is 1. The number of aromatic nitrogens is 1. The fourth-order valence-electron chi connectivity index (χ4n) is 1.34. The fourth-order valence-corrected chi connectivity index (χ4v) is 2.03. The SMILES string of the molecule is CCCCOC(=O)C(=O)Nc1nc(C(=NOC)C(=O)OC)cs1. The van der Waals surface area contributed by atoms with Crippen molar-refractivity contribution in [3.8, 4) is 0 Å². The second-order valence-electron chi connectivity index (χ2n) is 4.10. The molecule has 1 rings (SSSR count). The van der Waals surface area contributed by atoms with Crippen LogP contribution >= 0.6 is 11.3 Å². The zero-order valence-corrected chi connectivity index (χ0v) is 13.8. The summed E-state index contributed by atoms with van der Waals surface area (Å²) in [5, 5.41) is 7.39. The van der Waals surface area contributed by atoms with Gasteiger partial charge in [-0.05, 0) is 6.42 Å². The third-order valence-corrected chi connectivity index (χ3v) is 3.20. The second kappa shape index (κ2) is 9.51. The van der Waals surface area contributed by atoms with Crippen LogP contribution in [0.5, 0.6) is 0 Å². The Labute approximate surface area is 136 Å². The lowest BCUT2D eigenvalue weighted by atomic mass is 10.3. The molecule has 0 atom stereocenters. The highest BCUT2D eigenvalue weighted by atomic mass is 32.1. The second-order valence-corrected chi connectivity index (χ2v) is 4.95. The quantitative estimate of drug-likeness (QED) is 0.257. The van der Waals surface area contributed by atoms with Gasteiger partial charge in [-0.3, -0.25) is 10.1 Å². The summed E-state index contributed by atoms with van der Waals surface area (Å²) >= 11 is 1.01. The Bertz CT molecular complexity index is 598. The molecular formula is C13H17N3O6S. The summed E-state index contributed by atoms with van der Waals surface area (Å²) < 4.78 is 9.33. The van der Waals surface area contributed by atoms with Crippen LogP contribution in [-0.4, -0.2) is 49.4 Å². The predicted octanol–water partition coefficient (Wildman–Crippen LogP) is 0.948. The smallest absolute Gasteiger partial charge is 0.397 e. The van der Waals surface area contributed by atoms with Crippen molar-refractivity contribution in [2.24, 2.45) is 5.16 Å². The van der Waals surface area contributed by atoms with Crippen LogP contribution in [0.1, 0.15) is 25.5 Å². The molecule has 0 unspecified atom stereocenters. The van der Waals surface area contributed by atoms with E-state index < -0.39 is 17.8 Å². The number of anilines is 1. The third-order valence-electron chi connectivity index (χ3n) is 2.45. The number of oxime groups is 1. The van der Waals surface area contributed by atoms with Gasteiger partial charge in [0.05, 0.1) is 13.7 Å². The minimum Gasteiger partial charge on any atom is -0.464 e. The first-order chi connectivity index (χ1) is 11.0. The molecule has 126 valence electrons. The van der Waals surface area contributed by atoms with Crippen LogP contribution in [0.4, 0.5) is 5.13 Å². The summed E-state index contributed by atoms with van der Waals surface area (Å²) in [6.45, 7) is 2.12. The number of nitrogens with one attached hydrogen (secondary N) is 1. The van der Waals surface area contributed by atoms with Gasteiger partial charge in [0.2, 0.25) is 5.71 Å². The average Bonchev–Trinajstić information content (AvgIpc) is 3.00. The van der Waals surface area contributed by atoms with Crippen LogP contribution in [-0.2, 0) is 28.7 Å². The molecule has 1 N–H and O–H groups in total. The van der Waals surface area contributed by atoms with Gasteiger partial charge in [0, 0.05) is 5.38 Å². The zero-order valence-electron chi connectivity index (χ0n) is 13.0. The summed E-state index contributed by atoms with van der Waals surface area (Å²) in [6.07, 6.45) is 1.52. The van der Waals surface area contributed by atoms with E-state index in [4.69, 9.17) is 4.74 Å². The van der Waals surface area contributed by atoms with Gasteiger partial charge in [0.1, 0.15) is 12.8 Å². The number of unbranched alkanes of at least 4 members (excludes halogenated alkanes) is 1. The molecule has 0 radical (unpaired) electrons. The summed E-state index contributed by atoms with van der Waals surface area (Å²) in [5.41, 5.74) is -0.00405. The number of carbonyl (C=O) groups excluding carboxylic acids is 3. The topological polar surface area (TPSA) is 116 Å². The Kier molecular flexibility index (Phi) is 7.67. The van der Waals surface area contributed by atoms with Crippen LogP contribution in [0.3, 0.4) is 0 Å². The zero-order chi connectivity index (χ0) is 17.2. The van der Waals surface area contributed by atoms with Crippen molar-refractivity contribution < 1.29 is 28.7 Å². The highest BCUT2D eigenvalue weighted by Crippen LogP contribution is 2.16. The molecule has 0 bridgehead atoms. The van der Waals surface area contributed by atoms with Crippen molar-refractivity contribution in [1.82, 2.24) is 4.98 Å². The van der Waals surface area contributed by atoms with E-state index in [1.54, 1.807) is 0 Å². The van der Waals surface area contributed by atoms with Crippen molar-refractivity contribution in [2.45, 2.75) is 19.8 Å². The Balaban J connectivity index is 2.72. The van der Waals surface area contributed by atoms with E-state index in [1.165, 1.54) is 19.6 Å². The average molecular weight is 343 g/mol. The minimum absolute atomic E-state index is 0.116. The molecule has 1 heterocycles. The van der Waals surface area contributed by atoms with E-state index in [0.717, 1.165) is 17.8 Å². The van der Waals surface area contributed by atoms with Crippen molar-refractivity contribution in [3.63, 3.8) is 0 Å². The van der Waals surface area contributed by atoms with Crippen LogP contribution in [0.15, 0.2) is 10.5 Å². The Morgan fingerprint density at radius 1 is 1.30 bits per heavy atom. The van der Waals surface area contributed by atoms with Gasteiger partial charge < -0.3 is 14.3 Å². The largest absolute Gasteiger partial charge is 0.464 e. The monoisotopic (exact) mass is 343 g/mol. The summed E-state index contributed by atoms with van der Waals surface area (Å²) in [5.74, 6) is -2.67. The number of ether oxygens (including phenoxy) is 2. The molecule has 23 heavy (non-hydrogen) atoms. The van der Waals surface area contributed by atoms with Crippen molar-refractivity contribution >= 4 is 40.0 Å². The maximum Gasteiger partial charge on any atom is 0.397 e. The highest BCUT2D eigenvalue weighted by Gasteiger charge is 2.21. The maximum atomic E-state index is 11.6. The first-order valence-corrected chi connectivity index (χ1v) is 7.54. The van der Waals surface area contributed by atoms with Crippen molar-refractivity contribution in [1.29, 1.82) is 0 Å². The van der Waals surface area contributed by atoms with Crippen molar-refractivity contribution in [2.75, 3.05) is 26.1 Å². The van der Waals surface area contributed by atoms with Gasteiger partial charge in [-0.15, -0.1) is 11.3 Å². The van der Waals surface area contributed by atoms with Crippen molar-refractivity contribution in [3.05, 3.63) is 11.1 Å². The Morgan fingerprint density at radius 2 is 2.04 bits per heavy atom. The first-order valence-electron chi connectivity index (χ1n) is 6.66. The third kappa shape index (κ3) is 5.66. The maximum absolute atomic E-state index is 11.6. The number of thiazole rings is 1. The van der Waals surface area contributed by atoms with Crippen LogP contribution in [0.2, 0.25) is 0 Å². The molecule has 1 aromatic rings. The van der Waals surface area contributed by atoms with Crippen LogP contribution < -0.4 is 5.32 Å². The molecule has 0 aliphatic rings. The van der Waals surface area contributed by atoms with Gasteiger partial charge in [-0.2, -0.15) is 0 Å². The summed E-state index contributed by atoms with van der Waals surface area (Å²) in [6, 6.07) is 0. The molecule has 0 fully saturated rings. The Hall–Kier alpha value is -2.49. The van der Waals surface area contributed by atoms with Gasteiger partial charge >= 0.3 is 17.8 Å². The number of hydrogen-bond acceptors (Lipinski definition) is 9. The summed E-state index contributed by atoms with van der Waals surface area (Å²) in [7, 11) is 2.46. The van der Waals surface area contributed by atoms with Gasteiger partial charge in [-0.1, -0.05) is 18.5 Å². The molecular weight excluding hydrogens is 326 g/mol. The normalized spacial score (nSPS) is 10.8. The van der Waals surface area contributed by atoms with E-state index >= 15 is 0 Å². The Morgan fingerprint density at radius 3 is 2.65 bits per heavy atom. The summed E-state index contributed by atoms with van der Waals surface area (Å²) in [4.78, 5) is 43.2. The molecule has 9 nitrogen and oxygen atoms in total. The van der Waals surface area contributed by atoms with Crippen LogP contribution in [0.25, 0.3) is 0 Å². The first kappa shape index (κ1) is 18.6. The standard InChI is InChI=1S/C13H17N3O6S/c1-4-5-6-22-12(19)10(17)15-13-14-8(7-23-13)9(16-21-3)11(18)20-2/h7H,4-6H2,1-3H3,(H,14,15,17). The van der Waals surface area contributed by atoms with Crippen LogP contribution in [0, 0.1) is 0 Å². The van der Waals surface area contributed by atoms with E-state index in [1.807, 2.05) is 6.92 Å². The fraction of sp³-hybridized carbons (Fsp3) is 0.462. The molecule has 0 aromatic carbocycles. The molecule has 1 amide bonds.